The van der Waals surface area contributed by atoms with Crippen LogP contribution < -0.4 is 0 Å². The van der Waals surface area contributed by atoms with Gasteiger partial charge in [-0.3, -0.25) is 4.79 Å². The van der Waals surface area contributed by atoms with Crippen LogP contribution in [0.5, 0.6) is 0 Å². The Morgan fingerprint density at radius 1 is 1.22 bits per heavy atom. The Hall–Kier alpha value is -2.82. The van der Waals surface area contributed by atoms with Crippen LogP contribution in [0.3, 0.4) is 0 Å². The van der Waals surface area contributed by atoms with Gasteiger partial charge in [0.25, 0.3) is 5.91 Å². The Morgan fingerprint density at radius 3 is 2.48 bits per heavy atom. The number of aryl methyl sites for hydroxylation is 1. The van der Waals surface area contributed by atoms with Gasteiger partial charge in [-0.15, -0.1) is 6.58 Å². The maximum atomic E-state index is 13.1. The average molecular weight is 368 g/mol. The standard InChI is InChI=1S/C22H28N2O3/c1-6-13-24(14-12-18-10-8-7-9-11-18)21(25)20-16(4)19(17(5)23-20)22(26)27-15(2)3/h6-11,15,23H,1,12-14H2,2-5H3. The lowest BCUT2D eigenvalue weighted by Crippen LogP contribution is -2.33. The number of carbonyl (C=O) groups excluding carboxylic acids is 2. The first-order valence-corrected chi connectivity index (χ1v) is 9.19. The van der Waals surface area contributed by atoms with Gasteiger partial charge in [0.05, 0.1) is 11.7 Å². The van der Waals surface area contributed by atoms with Crippen molar-refractivity contribution in [2.24, 2.45) is 0 Å². The molecule has 5 heteroatoms. The molecule has 2 rings (SSSR count). The summed E-state index contributed by atoms with van der Waals surface area (Å²) in [6.45, 7) is 11.9. The van der Waals surface area contributed by atoms with Crippen molar-refractivity contribution in [1.29, 1.82) is 0 Å². The predicted molar refractivity (Wildman–Crippen MR) is 107 cm³/mol. The van der Waals surface area contributed by atoms with E-state index in [2.05, 4.69) is 11.6 Å². The van der Waals surface area contributed by atoms with Gasteiger partial charge < -0.3 is 14.6 Å². The largest absolute Gasteiger partial charge is 0.459 e. The van der Waals surface area contributed by atoms with Crippen LogP contribution >= 0.6 is 0 Å². The van der Waals surface area contributed by atoms with Crippen LogP contribution in [0, 0.1) is 13.8 Å². The molecule has 27 heavy (non-hydrogen) atoms. The number of hydrogen-bond donors (Lipinski definition) is 1. The van der Waals surface area contributed by atoms with Crippen LogP contribution in [0.2, 0.25) is 0 Å². The molecule has 0 fully saturated rings. The highest BCUT2D eigenvalue weighted by atomic mass is 16.5. The lowest BCUT2D eigenvalue weighted by molar-refractivity contribution is 0.0376. The zero-order chi connectivity index (χ0) is 20.0. The summed E-state index contributed by atoms with van der Waals surface area (Å²) in [6.07, 6.45) is 2.25. The molecule has 0 aliphatic heterocycles. The molecule has 0 bridgehead atoms. The van der Waals surface area contributed by atoms with Crippen LogP contribution in [-0.2, 0) is 11.2 Å². The number of benzene rings is 1. The summed E-state index contributed by atoms with van der Waals surface area (Å²) in [4.78, 5) is 30.2. The van der Waals surface area contributed by atoms with Gasteiger partial charge in [-0.1, -0.05) is 36.4 Å². The van der Waals surface area contributed by atoms with Gasteiger partial charge in [-0.2, -0.15) is 0 Å². The minimum absolute atomic E-state index is 0.143. The van der Waals surface area contributed by atoms with E-state index in [-0.39, 0.29) is 12.0 Å². The summed E-state index contributed by atoms with van der Waals surface area (Å²) in [6, 6.07) is 10.0. The summed E-state index contributed by atoms with van der Waals surface area (Å²) in [7, 11) is 0. The van der Waals surface area contributed by atoms with E-state index < -0.39 is 5.97 Å². The zero-order valence-electron chi connectivity index (χ0n) is 16.5. The van der Waals surface area contributed by atoms with Gasteiger partial charge >= 0.3 is 5.97 Å². The van der Waals surface area contributed by atoms with Gasteiger partial charge in [0.1, 0.15) is 5.69 Å². The molecule has 1 heterocycles. The minimum Gasteiger partial charge on any atom is -0.459 e. The topological polar surface area (TPSA) is 62.4 Å². The second-order valence-corrected chi connectivity index (χ2v) is 6.85. The number of esters is 1. The Kier molecular flexibility index (Phi) is 6.99. The van der Waals surface area contributed by atoms with Crippen LogP contribution in [-0.4, -0.2) is 41.0 Å². The van der Waals surface area contributed by atoms with Crippen molar-refractivity contribution in [3.05, 3.63) is 71.1 Å². The van der Waals surface area contributed by atoms with E-state index in [0.29, 0.717) is 35.6 Å². The van der Waals surface area contributed by atoms with Gasteiger partial charge in [0.2, 0.25) is 0 Å². The third-order valence-electron chi connectivity index (χ3n) is 4.35. The first-order valence-electron chi connectivity index (χ1n) is 9.19. The van der Waals surface area contributed by atoms with Crippen LogP contribution in [0.4, 0.5) is 0 Å². The first-order chi connectivity index (χ1) is 12.8. The monoisotopic (exact) mass is 368 g/mol. The molecule has 1 amide bonds. The van der Waals surface area contributed by atoms with Crippen LogP contribution in [0.25, 0.3) is 0 Å². The Balaban J connectivity index is 2.22. The SMILES string of the molecule is C=CCN(CCc1ccccc1)C(=O)c1[nH]c(C)c(C(=O)OC(C)C)c1C. The molecular weight excluding hydrogens is 340 g/mol. The average Bonchev–Trinajstić information content (AvgIpc) is 2.92. The highest BCUT2D eigenvalue weighted by Gasteiger charge is 2.26. The van der Waals surface area contributed by atoms with Gasteiger partial charge in [-0.25, -0.2) is 4.79 Å². The second-order valence-electron chi connectivity index (χ2n) is 6.85. The predicted octanol–water partition coefficient (Wildman–Crippen LogP) is 4.07. The van der Waals surface area contributed by atoms with Crippen molar-refractivity contribution in [2.75, 3.05) is 13.1 Å². The Bertz CT molecular complexity index is 806. The van der Waals surface area contributed by atoms with Crippen molar-refractivity contribution in [1.82, 2.24) is 9.88 Å². The number of amides is 1. The number of H-pyrrole nitrogens is 1. The summed E-state index contributed by atoms with van der Waals surface area (Å²) >= 11 is 0. The number of ether oxygens (including phenoxy) is 1. The van der Waals surface area contributed by atoms with E-state index in [4.69, 9.17) is 4.74 Å². The fourth-order valence-electron chi connectivity index (χ4n) is 3.04. The summed E-state index contributed by atoms with van der Waals surface area (Å²) in [5, 5.41) is 0. The summed E-state index contributed by atoms with van der Waals surface area (Å²) in [5.74, 6) is -0.551. The maximum Gasteiger partial charge on any atom is 0.340 e. The third kappa shape index (κ3) is 5.09. The number of aromatic nitrogens is 1. The molecule has 0 atom stereocenters. The molecule has 2 aromatic rings. The smallest absolute Gasteiger partial charge is 0.340 e. The molecule has 1 aromatic carbocycles. The van der Waals surface area contributed by atoms with Crippen LogP contribution in [0.1, 0.15) is 51.5 Å². The number of carbonyl (C=O) groups is 2. The fraction of sp³-hybridized carbons (Fsp3) is 0.364. The van der Waals surface area contributed by atoms with Crippen LogP contribution in [0.15, 0.2) is 43.0 Å². The zero-order valence-corrected chi connectivity index (χ0v) is 16.5. The molecule has 0 aliphatic carbocycles. The molecular formula is C22H28N2O3. The molecule has 1 aromatic heterocycles. The summed E-state index contributed by atoms with van der Waals surface area (Å²) < 4.78 is 5.30. The van der Waals surface area contributed by atoms with Gasteiger partial charge in [-0.05, 0) is 45.2 Å². The number of nitrogens with zero attached hydrogens (tertiary/aromatic N) is 1. The fourth-order valence-corrected chi connectivity index (χ4v) is 3.04. The lowest BCUT2D eigenvalue weighted by atomic mass is 10.1. The summed E-state index contributed by atoms with van der Waals surface area (Å²) in [5.41, 5.74) is 3.30. The number of nitrogens with one attached hydrogen (secondary N) is 1. The van der Waals surface area contributed by atoms with E-state index in [9.17, 15) is 9.59 Å². The maximum absolute atomic E-state index is 13.1. The van der Waals surface area contributed by atoms with Crippen molar-refractivity contribution >= 4 is 11.9 Å². The van der Waals surface area contributed by atoms with Gasteiger partial charge in [0, 0.05) is 18.8 Å². The van der Waals surface area contributed by atoms with Crippen molar-refractivity contribution in [3.8, 4) is 0 Å². The molecule has 144 valence electrons. The number of rotatable bonds is 8. The quantitative estimate of drug-likeness (QED) is 0.564. The van der Waals surface area contributed by atoms with E-state index in [1.54, 1.807) is 38.7 Å². The van der Waals surface area contributed by atoms with Crippen molar-refractivity contribution < 1.29 is 14.3 Å². The van der Waals surface area contributed by atoms with E-state index >= 15 is 0 Å². The highest BCUT2D eigenvalue weighted by Crippen LogP contribution is 2.21. The van der Waals surface area contributed by atoms with E-state index in [0.717, 1.165) is 6.42 Å². The van der Waals surface area contributed by atoms with Crippen molar-refractivity contribution in [3.63, 3.8) is 0 Å². The molecule has 5 nitrogen and oxygen atoms in total. The molecule has 0 aliphatic rings. The Labute approximate surface area is 161 Å². The van der Waals surface area contributed by atoms with Crippen molar-refractivity contribution in [2.45, 2.75) is 40.2 Å². The molecule has 0 radical (unpaired) electrons. The molecule has 0 unspecified atom stereocenters. The number of hydrogen-bond acceptors (Lipinski definition) is 3. The third-order valence-corrected chi connectivity index (χ3v) is 4.35. The minimum atomic E-state index is -0.408. The lowest BCUT2D eigenvalue weighted by Gasteiger charge is -2.21. The molecule has 0 saturated carbocycles. The highest BCUT2D eigenvalue weighted by molar-refractivity contribution is 6.00. The molecule has 1 N–H and O–H groups in total. The second kappa shape index (κ2) is 9.21. The van der Waals surface area contributed by atoms with E-state index in [1.807, 2.05) is 30.3 Å². The molecule has 0 spiro atoms. The number of aromatic amines is 1. The normalized spacial score (nSPS) is 10.7. The van der Waals surface area contributed by atoms with E-state index in [1.165, 1.54) is 5.56 Å². The molecule has 0 saturated heterocycles. The first kappa shape index (κ1) is 20.5. The van der Waals surface area contributed by atoms with Gasteiger partial charge in [0.15, 0.2) is 0 Å². The Morgan fingerprint density at radius 2 is 1.89 bits per heavy atom.